The lowest BCUT2D eigenvalue weighted by molar-refractivity contribution is 0.0623. The van der Waals surface area contributed by atoms with Gasteiger partial charge in [0.25, 0.3) is 5.91 Å². The fourth-order valence-electron chi connectivity index (χ4n) is 3.45. The summed E-state index contributed by atoms with van der Waals surface area (Å²) in [5.74, 6) is 1.35. The average molecular weight is 293 g/mol. The number of nitrogens with zero attached hydrogens (tertiary/aromatic N) is 1. The molecule has 2 aromatic carbocycles. The lowest BCUT2D eigenvalue weighted by atomic mass is 9.91. The van der Waals surface area contributed by atoms with Crippen LogP contribution in [-0.2, 0) is 0 Å². The molecule has 0 bridgehead atoms. The van der Waals surface area contributed by atoms with Crippen LogP contribution in [0.4, 0.5) is 0 Å². The third-order valence-electron chi connectivity index (χ3n) is 4.40. The van der Waals surface area contributed by atoms with Gasteiger partial charge in [-0.1, -0.05) is 56.3 Å². The van der Waals surface area contributed by atoms with Gasteiger partial charge in [-0.15, -0.1) is 0 Å². The zero-order chi connectivity index (χ0) is 15.5. The Morgan fingerprint density at radius 2 is 1.41 bits per heavy atom. The van der Waals surface area contributed by atoms with Crippen LogP contribution in [-0.4, -0.2) is 23.9 Å². The van der Waals surface area contributed by atoms with Gasteiger partial charge in [-0.25, -0.2) is 0 Å². The second kappa shape index (κ2) is 6.35. The van der Waals surface area contributed by atoms with E-state index in [-0.39, 0.29) is 5.91 Å². The van der Waals surface area contributed by atoms with E-state index in [1.807, 2.05) is 47.4 Å². The first-order chi connectivity index (χ1) is 10.6. The van der Waals surface area contributed by atoms with Gasteiger partial charge in [0.05, 0.1) is 0 Å². The molecule has 22 heavy (non-hydrogen) atoms. The van der Waals surface area contributed by atoms with Gasteiger partial charge in [0.15, 0.2) is 0 Å². The van der Waals surface area contributed by atoms with Crippen LogP contribution in [0.3, 0.4) is 0 Å². The second-order valence-electron chi connectivity index (χ2n) is 6.60. The van der Waals surface area contributed by atoms with Crippen molar-refractivity contribution in [1.82, 2.24) is 4.90 Å². The van der Waals surface area contributed by atoms with E-state index in [2.05, 4.69) is 26.0 Å². The van der Waals surface area contributed by atoms with Crippen LogP contribution in [0, 0.1) is 11.8 Å². The monoisotopic (exact) mass is 293 g/mol. The van der Waals surface area contributed by atoms with Gasteiger partial charge in [-0.2, -0.15) is 0 Å². The smallest absolute Gasteiger partial charge is 0.253 e. The Kier molecular flexibility index (Phi) is 4.28. The number of likely N-dealkylation sites (tertiary alicyclic amines) is 1. The van der Waals surface area contributed by atoms with Gasteiger partial charge < -0.3 is 4.90 Å². The van der Waals surface area contributed by atoms with Crippen LogP contribution in [0.5, 0.6) is 0 Å². The predicted octanol–water partition coefficient (Wildman–Crippen LogP) is 4.47. The molecule has 2 nitrogen and oxygen atoms in total. The van der Waals surface area contributed by atoms with E-state index in [4.69, 9.17) is 0 Å². The molecule has 0 spiro atoms. The standard InChI is InChI=1S/C20H23NO/c1-15-12-16(2)14-21(13-15)20(22)19-10-8-18(9-11-19)17-6-4-3-5-7-17/h3-11,15-16H,12-14H2,1-2H3/t15-,16-/m1/s1. The van der Waals surface area contributed by atoms with Crippen LogP contribution in [0.15, 0.2) is 54.6 Å². The van der Waals surface area contributed by atoms with Crippen molar-refractivity contribution in [3.05, 3.63) is 60.2 Å². The Bertz CT molecular complexity index is 623. The van der Waals surface area contributed by atoms with Gasteiger partial charge in [0, 0.05) is 18.7 Å². The number of hydrogen-bond acceptors (Lipinski definition) is 1. The van der Waals surface area contributed by atoms with Crippen LogP contribution in [0.2, 0.25) is 0 Å². The Balaban J connectivity index is 1.76. The molecule has 1 aliphatic rings. The summed E-state index contributed by atoms with van der Waals surface area (Å²) < 4.78 is 0. The van der Waals surface area contributed by atoms with Crippen LogP contribution < -0.4 is 0 Å². The third-order valence-corrected chi connectivity index (χ3v) is 4.40. The maximum Gasteiger partial charge on any atom is 0.253 e. The van der Waals surface area contributed by atoms with Crippen molar-refractivity contribution in [1.29, 1.82) is 0 Å². The molecular weight excluding hydrogens is 270 g/mol. The highest BCUT2D eigenvalue weighted by molar-refractivity contribution is 5.94. The van der Waals surface area contributed by atoms with Gasteiger partial charge in [0.2, 0.25) is 0 Å². The Hall–Kier alpha value is -2.09. The molecule has 114 valence electrons. The van der Waals surface area contributed by atoms with Gasteiger partial charge in [0.1, 0.15) is 0 Å². The first-order valence-electron chi connectivity index (χ1n) is 8.08. The molecule has 0 aromatic heterocycles. The van der Waals surface area contributed by atoms with Crippen molar-refractivity contribution >= 4 is 5.91 Å². The third kappa shape index (κ3) is 3.22. The summed E-state index contributed by atoms with van der Waals surface area (Å²) in [5.41, 5.74) is 3.13. The highest BCUT2D eigenvalue weighted by Gasteiger charge is 2.25. The first kappa shape index (κ1) is 14.8. The lowest BCUT2D eigenvalue weighted by Gasteiger charge is -2.35. The van der Waals surface area contributed by atoms with Crippen molar-refractivity contribution in [3.8, 4) is 11.1 Å². The molecule has 2 aromatic rings. The molecule has 3 rings (SSSR count). The molecule has 0 N–H and O–H groups in total. The molecule has 0 radical (unpaired) electrons. The number of carbonyl (C=O) groups is 1. The molecule has 0 unspecified atom stereocenters. The maximum absolute atomic E-state index is 12.7. The minimum atomic E-state index is 0.165. The van der Waals surface area contributed by atoms with Crippen molar-refractivity contribution in [2.45, 2.75) is 20.3 Å². The number of carbonyl (C=O) groups excluding carboxylic acids is 1. The number of rotatable bonds is 2. The van der Waals surface area contributed by atoms with Crippen LogP contribution in [0.25, 0.3) is 11.1 Å². The van der Waals surface area contributed by atoms with Gasteiger partial charge in [-0.3, -0.25) is 4.79 Å². The fraction of sp³-hybridized carbons (Fsp3) is 0.350. The summed E-state index contributed by atoms with van der Waals surface area (Å²) in [6.45, 7) is 6.22. The molecule has 1 amide bonds. The van der Waals surface area contributed by atoms with Crippen molar-refractivity contribution in [2.24, 2.45) is 11.8 Å². The number of benzene rings is 2. The Morgan fingerprint density at radius 1 is 0.864 bits per heavy atom. The van der Waals surface area contributed by atoms with E-state index in [1.165, 1.54) is 12.0 Å². The van der Waals surface area contributed by atoms with Crippen LogP contribution in [0.1, 0.15) is 30.6 Å². The molecule has 0 saturated carbocycles. The summed E-state index contributed by atoms with van der Waals surface area (Å²) in [6, 6.07) is 18.2. The summed E-state index contributed by atoms with van der Waals surface area (Å²) >= 11 is 0. The second-order valence-corrected chi connectivity index (χ2v) is 6.60. The first-order valence-corrected chi connectivity index (χ1v) is 8.08. The van der Waals surface area contributed by atoms with E-state index in [1.54, 1.807) is 0 Å². The van der Waals surface area contributed by atoms with E-state index in [0.717, 1.165) is 24.2 Å². The predicted molar refractivity (Wildman–Crippen MR) is 90.7 cm³/mol. The SMILES string of the molecule is C[C@@H]1C[C@@H](C)CN(C(=O)c2ccc(-c3ccccc3)cc2)C1. The molecule has 2 atom stereocenters. The molecular formula is C20H23NO. The van der Waals surface area contributed by atoms with Crippen molar-refractivity contribution < 1.29 is 4.79 Å². The summed E-state index contributed by atoms with van der Waals surface area (Å²) in [5, 5.41) is 0. The van der Waals surface area contributed by atoms with Crippen molar-refractivity contribution in [2.75, 3.05) is 13.1 Å². The molecule has 1 heterocycles. The number of hydrogen-bond donors (Lipinski definition) is 0. The summed E-state index contributed by atoms with van der Waals surface area (Å²) in [4.78, 5) is 14.7. The number of piperidine rings is 1. The lowest BCUT2D eigenvalue weighted by Crippen LogP contribution is -2.42. The quantitative estimate of drug-likeness (QED) is 0.800. The molecule has 1 saturated heterocycles. The van der Waals surface area contributed by atoms with Crippen molar-refractivity contribution in [3.63, 3.8) is 0 Å². The maximum atomic E-state index is 12.7. The largest absolute Gasteiger partial charge is 0.338 e. The van der Waals surface area contributed by atoms with Gasteiger partial charge >= 0.3 is 0 Å². The average Bonchev–Trinajstić information content (AvgIpc) is 2.54. The van der Waals surface area contributed by atoms with E-state index in [0.29, 0.717) is 11.8 Å². The normalized spacial score (nSPS) is 21.6. The Labute approximate surface area is 132 Å². The van der Waals surface area contributed by atoms with Crippen LogP contribution >= 0.6 is 0 Å². The molecule has 1 aliphatic heterocycles. The minimum Gasteiger partial charge on any atom is -0.338 e. The number of amides is 1. The molecule has 2 heteroatoms. The van der Waals surface area contributed by atoms with E-state index < -0.39 is 0 Å². The molecule has 0 aliphatic carbocycles. The van der Waals surface area contributed by atoms with Gasteiger partial charge in [-0.05, 0) is 41.5 Å². The summed E-state index contributed by atoms with van der Waals surface area (Å²) in [7, 11) is 0. The topological polar surface area (TPSA) is 20.3 Å². The molecule has 1 fully saturated rings. The minimum absolute atomic E-state index is 0.165. The van der Waals surface area contributed by atoms with E-state index in [9.17, 15) is 4.79 Å². The zero-order valence-electron chi connectivity index (χ0n) is 13.3. The highest BCUT2D eigenvalue weighted by atomic mass is 16.2. The fourth-order valence-corrected chi connectivity index (χ4v) is 3.45. The highest BCUT2D eigenvalue weighted by Crippen LogP contribution is 2.24. The zero-order valence-corrected chi connectivity index (χ0v) is 13.3. The Morgan fingerprint density at radius 3 is 2.00 bits per heavy atom. The summed E-state index contributed by atoms with van der Waals surface area (Å²) in [6.07, 6.45) is 1.22. The van der Waals surface area contributed by atoms with E-state index >= 15 is 0 Å².